The highest BCUT2D eigenvalue weighted by Crippen LogP contribution is 2.38. The zero-order valence-electron chi connectivity index (χ0n) is 18.0. The maximum Gasteiger partial charge on any atom is 0.250 e. The highest BCUT2D eigenvalue weighted by Gasteiger charge is 2.36. The fraction of sp³-hybridized carbons (Fsp3) is 0.240. The van der Waals surface area contributed by atoms with E-state index in [0.29, 0.717) is 24.2 Å². The number of rotatable bonds is 6. The molecule has 4 rings (SSSR count). The Kier molecular flexibility index (Phi) is 5.46. The number of aryl methyl sites for hydroxylation is 2. The SMILES string of the molecule is COc1cccc(-c2cccc(C3(CCc4c[nH]c(=O)c(C)c4)N=C(C)C(N)=N3)c2)c1. The first-order valence-corrected chi connectivity index (χ1v) is 10.3. The summed E-state index contributed by atoms with van der Waals surface area (Å²) in [4.78, 5) is 24.2. The van der Waals surface area contributed by atoms with Crippen molar-refractivity contribution >= 4 is 11.5 Å². The van der Waals surface area contributed by atoms with Crippen LogP contribution in [0.15, 0.2) is 75.6 Å². The lowest BCUT2D eigenvalue weighted by Crippen LogP contribution is -2.22. The average molecular weight is 415 g/mol. The Labute approximate surface area is 181 Å². The Morgan fingerprint density at radius 3 is 2.45 bits per heavy atom. The number of hydrogen-bond acceptors (Lipinski definition) is 5. The van der Waals surface area contributed by atoms with Crippen molar-refractivity contribution in [3.05, 3.63) is 87.8 Å². The lowest BCUT2D eigenvalue weighted by Gasteiger charge is -2.24. The quantitative estimate of drug-likeness (QED) is 0.639. The predicted molar refractivity (Wildman–Crippen MR) is 125 cm³/mol. The van der Waals surface area contributed by atoms with Gasteiger partial charge >= 0.3 is 0 Å². The molecular formula is C25H26N4O2. The van der Waals surface area contributed by atoms with Crippen LogP contribution in [0.1, 0.15) is 30.0 Å². The Hall–Kier alpha value is -3.67. The van der Waals surface area contributed by atoms with Gasteiger partial charge in [-0.05, 0) is 61.2 Å². The fourth-order valence-corrected chi connectivity index (χ4v) is 3.90. The largest absolute Gasteiger partial charge is 0.497 e. The molecule has 1 aromatic heterocycles. The van der Waals surface area contributed by atoms with Crippen LogP contribution in [-0.2, 0) is 12.1 Å². The first kappa shape index (κ1) is 20.6. The van der Waals surface area contributed by atoms with Gasteiger partial charge in [0, 0.05) is 23.7 Å². The van der Waals surface area contributed by atoms with Crippen molar-refractivity contribution in [2.24, 2.45) is 15.7 Å². The number of amidine groups is 1. The highest BCUT2D eigenvalue weighted by molar-refractivity contribution is 6.41. The molecule has 0 bridgehead atoms. The molecule has 0 aliphatic carbocycles. The Bertz CT molecular complexity index is 1220. The lowest BCUT2D eigenvalue weighted by atomic mass is 9.91. The summed E-state index contributed by atoms with van der Waals surface area (Å²) < 4.78 is 5.37. The van der Waals surface area contributed by atoms with Gasteiger partial charge in [0.15, 0.2) is 5.66 Å². The second-order valence-corrected chi connectivity index (χ2v) is 7.84. The number of aromatic amines is 1. The molecule has 0 amide bonds. The van der Waals surface area contributed by atoms with Crippen molar-refractivity contribution in [3.63, 3.8) is 0 Å². The second-order valence-electron chi connectivity index (χ2n) is 7.84. The number of ether oxygens (including phenoxy) is 1. The maximum atomic E-state index is 11.7. The third kappa shape index (κ3) is 4.14. The number of hydrogen-bond donors (Lipinski definition) is 2. The molecule has 3 aromatic rings. The van der Waals surface area contributed by atoms with E-state index in [1.54, 1.807) is 13.3 Å². The summed E-state index contributed by atoms with van der Waals surface area (Å²) in [6, 6.07) is 18.1. The van der Waals surface area contributed by atoms with Crippen LogP contribution in [0.4, 0.5) is 0 Å². The van der Waals surface area contributed by atoms with Gasteiger partial charge in [0.1, 0.15) is 11.6 Å². The first-order chi connectivity index (χ1) is 14.9. The first-order valence-electron chi connectivity index (χ1n) is 10.3. The van der Waals surface area contributed by atoms with Gasteiger partial charge in [-0.15, -0.1) is 0 Å². The molecule has 3 N–H and O–H groups in total. The number of benzene rings is 2. The summed E-state index contributed by atoms with van der Waals surface area (Å²) in [6.45, 7) is 3.69. The minimum atomic E-state index is -0.785. The molecule has 6 nitrogen and oxygen atoms in total. The van der Waals surface area contributed by atoms with Crippen LogP contribution in [0, 0.1) is 6.92 Å². The number of pyridine rings is 1. The van der Waals surface area contributed by atoms with E-state index in [2.05, 4.69) is 23.2 Å². The van der Waals surface area contributed by atoms with Crippen LogP contribution >= 0.6 is 0 Å². The van der Waals surface area contributed by atoms with Gasteiger partial charge in [-0.25, -0.2) is 4.99 Å². The fourth-order valence-electron chi connectivity index (χ4n) is 3.90. The molecule has 0 saturated carbocycles. The van der Waals surface area contributed by atoms with Crippen LogP contribution in [0.2, 0.25) is 0 Å². The topological polar surface area (TPSA) is 92.8 Å². The Balaban J connectivity index is 1.72. The predicted octanol–water partition coefficient (Wildman–Crippen LogP) is 3.98. The van der Waals surface area contributed by atoms with Crippen LogP contribution < -0.4 is 16.0 Å². The molecule has 31 heavy (non-hydrogen) atoms. The number of methoxy groups -OCH3 is 1. The van der Waals surface area contributed by atoms with Gasteiger partial charge in [0.2, 0.25) is 0 Å². The third-order valence-electron chi connectivity index (χ3n) is 5.67. The minimum absolute atomic E-state index is 0.0681. The van der Waals surface area contributed by atoms with E-state index >= 15 is 0 Å². The van der Waals surface area contributed by atoms with Crippen LogP contribution in [-0.4, -0.2) is 23.6 Å². The Morgan fingerprint density at radius 1 is 1.03 bits per heavy atom. The van der Waals surface area contributed by atoms with E-state index < -0.39 is 5.66 Å². The van der Waals surface area contributed by atoms with E-state index in [9.17, 15) is 4.79 Å². The molecule has 0 radical (unpaired) electrons. The summed E-state index contributed by atoms with van der Waals surface area (Å²) in [5, 5.41) is 0. The maximum absolute atomic E-state index is 11.7. The number of aromatic nitrogens is 1. The van der Waals surface area contributed by atoms with Gasteiger partial charge in [-0.3, -0.25) is 9.79 Å². The van der Waals surface area contributed by atoms with Crippen molar-refractivity contribution in [1.29, 1.82) is 0 Å². The van der Waals surface area contributed by atoms with E-state index in [4.69, 9.17) is 20.5 Å². The van der Waals surface area contributed by atoms with E-state index in [-0.39, 0.29) is 5.56 Å². The lowest BCUT2D eigenvalue weighted by molar-refractivity contribution is 0.415. The monoisotopic (exact) mass is 414 g/mol. The molecule has 1 atom stereocenters. The average Bonchev–Trinajstić information content (AvgIpc) is 3.09. The number of nitrogens with zero attached hydrogens (tertiary/aromatic N) is 2. The summed E-state index contributed by atoms with van der Waals surface area (Å²) in [6.07, 6.45) is 3.10. The molecule has 0 saturated heterocycles. The molecule has 1 unspecified atom stereocenters. The number of aliphatic imine (C=N–C) groups is 2. The molecule has 1 aliphatic rings. The third-order valence-corrected chi connectivity index (χ3v) is 5.67. The van der Waals surface area contributed by atoms with E-state index in [1.807, 2.05) is 50.2 Å². The molecule has 0 spiro atoms. The summed E-state index contributed by atoms with van der Waals surface area (Å²) in [5.74, 6) is 1.27. The van der Waals surface area contributed by atoms with Gasteiger partial charge in [-0.2, -0.15) is 0 Å². The van der Waals surface area contributed by atoms with E-state index in [1.165, 1.54) is 0 Å². The number of H-pyrrole nitrogens is 1. The van der Waals surface area contributed by atoms with Gasteiger partial charge in [0.05, 0.1) is 12.8 Å². The van der Waals surface area contributed by atoms with Crippen LogP contribution in [0.25, 0.3) is 11.1 Å². The van der Waals surface area contributed by atoms with Crippen molar-refractivity contribution in [2.75, 3.05) is 7.11 Å². The molecule has 1 aliphatic heterocycles. The van der Waals surface area contributed by atoms with Crippen molar-refractivity contribution in [2.45, 2.75) is 32.4 Å². The molecule has 2 heterocycles. The second kappa shape index (κ2) is 8.22. The minimum Gasteiger partial charge on any atom is -0.497 e. The van der Waals surface area contributed by atoms with Crippen molar-refractivity contribution < 1.29 is 4.74 Å². The van der Waals surface area contributed by atoms with Crippen LogP contribution in [0.3, 0.4) is 0 Å². The highest BCUT2D eigenvalue weighted by atomic mass is 16.5. The Morgan fingerprint density at radius 2 is 1.77 bits per heavy atom. The molecule has 2 aromatic carbocycles. The molecule has 158 valence electrons. The van der Waals surface area contributed by atoms with Crippen LogP contribution in [0.5, 0.6) is 5.75 Å². The molecule has 0 fully saturated rings. The standard InChI is InChI=1S/C25H26N4O2/c1-16-12-18(15-27-24(16)30)10-11-25(28-17(2)23(26)29-25)21-8-4-6-19(13-21)20-7-5-9-22(14-20)31-3/h4-9,12-15H,10-11H2,1-3H3,(H2,26,29)(H,27,30). The van der Waals surface area contributed by atoms with Gasteiger partial charge < -0.3 is 15.5 Å². The number of nitrogens with two attached hydrogens (primary N) is 1. The summed E-state index contributed by atoms with van der Waals surface area (Å²) >= 11 is 0. The zero-order chi connectivity index (χ0) is 22.0. The van der Waals surface area contributed by atoms with Crippen molar-refractivity contribution in [3.8, 4) is 16.9 Å². The molecule has 6 heteroatoms. The molecular weight excluding hydrogens is 388 g/mol. The normalized spacial score (nSPS) is 17.9. The van der Waals surface area contributed by atoms with Gasteiger partial charge in [-0.1, -0.05) is 30.3 Å². The van der Waals surface area contributed by atoms with Gasteiger partial charge in [0.25, 0.3) is 5.56 Å². The zero-order valence-corrected chi connectivity index (χ0v) is 18.0. The van der Waals surface area contributed by atoms with Crippen molar-refractivity contribution in [1.82, 2.24) is 4.98 Å². The summed E-state index contributed by atoms with van der Waals surface area (Å²) in [5.41, 5.74) is 10.9. The summed E-state index contributed by atoms with van der Waals surface area (Å²) in [7, 11) is 1.66. The smallest absolute Gasteiger partial charge is 0.250 e. The van der Waals surface area contributed by atoms with E-state index in [0.717, 1.165) is 33.7 Å². The number of nitrogens with one attached hydrogen (secondary N) is 1.